The molecule has 0 aliphatic carbocycles. The van der Waals surface area contributed by atoms with Crippen molar-refractivity contribution in [3.05, 3.63) is 59.3 Å². The zero-order valence-electron chi connectivity index (χ0n) is 17.4. The molecule has 158 valence electrons. The van der Waals surface area contributed by atoms with Crippen molar-refractivity contribution in [2.24, 2.45) is 0 Å². The van der Waals surface area contributed by atoms with Gasteiger partial charge < -0.3 is 30.2 Å². The number of amides is 3. The second-order valence-electron chi connectivity index (χ2n) is 6.59. The molecule has 0 radical (unpaired) electrons. The van der Waals surface area contributed by atoms with E-state index in [1.807, 2.05) is 31.2 Å². The van der Waals surface area contributed by atoms with E-state index in [4.69, 9.17) is 14.2 Å². The summed E-state index contributed by atoms with van der Waals surface area (Å²) >= 11 is 0. The summed E-state index contributed by atoms with van der Waals surface area (Å²) in [6.07, 6.45) is 0. The van der Waals surface area contributed by atoms with Crippen molar-refractivity contribution in [1.29, 1.82) is 0 Å². The predicted octanol–water partition coefficient (Wildman–Crippen LogP) is 3.37. The van der Waals surface area contributed by atoms with Gasteiger partial charge in [-0.05, 0) is 43.7 Å². The average molecular weight is 411 g/mol. The molecule has 0 saturated carbocycles. The molecule has 3 amide bonds. The summed E-state index contributed by atoms with van der Waals surface area (Å²) in [4.78, 5) is 25.3. The van der Waals surface area contributed by atoms with Crippen LogP contribution in [0.2, 0.25) is 0 Å². The zero-order chi connectivity index (χ0) is 21.7. The lowest BCUT2D eigenvalue weighted by Gasteiger charge is -2.29. The molecule has 8 heteroatoms. The van der Waals surface area contributed by atoms with Gasteiger partial charge in [0.05, 0.1) is 38.1 Å². The van der Waals surface area contributed by atoms with E-state index < -0.39 is 6.04 Å². The first kappa shape index (κ1) is 21.0. The average Bonchev–Trinajstić information content (AvgIpc) is 2.74. The van der Waals surface area contributed by atoms with Crippen LogP contribution in [-0.2, 0) is 4.79 Å². The summed E-state index contributed by atoms with van der Waals surface area (Å²) < 4.78 is 16.0. The zero-order valence-corrected chi connectivity index (χ0v) is 17.4. The molecule has 1 heterocycles. The molecule has 0 fully saturated rings. The second-order valence-corrected chi connectivity index (χ2v) is 6.59. The number of nitrogens with one attached hydrogen (secondary N) is 3. The largest absolute Gasteiger partial charge is 0.497 e. The highest BCUT2D eigenvalue weighted by molar-refractivity contribution is 6.07. The lowest BCUT2D eigenvalue weighted by atomic mass is 9.94. The van der Waals surface area contributed by atoms with Crippen LogP contribution in [0.15, 0.2) is 53.7 Å². The minimum atomic E-state index is -0.612. The number of methoxy groups -OCH3 is 2. The van der Waals surface area contributed by atoms with Crippen LogP contribution in [0.5, 0.6) is 17.2 Å². The van der Waals surface area contributed by atoms with Crippen LogP contribution in [0.25, 0.3) is 0 Å². The van der Waals surface area contributed by atoms with Crippen molar-refractivity contribution in [2.75, 3.05) is 26.1 Å². The molecule has 0 spiro atoms. The van der Waals surface area contributed by atoms with Crippen LogP contribution in [0.1, 0.15) is 25.5 Å². The third kappa shape index (κ3) is 4.48. The van der Waals surface area contributed by atoms with Crippen molar-refractivity contribution in [1.82, 2.24) is 10.6 Å². The lowest BCUT2D eigenvalue weighted by Crippen LogP contribution is -2.45. The van der Waals surface area contributed by atoms with Crippen LogP contribution in [-0.4, -0.2) is 32.8 Å². The van der Waals surface area contributed by atoms with Gasteiger partial charge in [-0.25, -0.2) is 4.79 Å². The summed E-state index contributed by atoms with van der Waals surface area (Å²) in [6, 6.07) is 11.4. The van der Waals surface area contributed by atoms with Crippen LogP contribution < -0.4 is 30.2 Å². The van der Waals surface area contributed by atoms with E-state index in [0.29, 0.717) is 35.1 Å². The first-order chi connectivity index (χ1) is 14.5. The van der Waals surface area contributed by atoms with Crippen LogP contribution in [0.3, 0.4) is 0 Å². The Balaban J connectivity index is 1.91. The van der Waals surface area contributed by atoms with Gasteiger partial charge in [0.15, 0.2) is 0 Å². The van der Waals surface area contributed by atoms with E-state index >= 15 is 0 Å². The number of urea groups is 1. The monoisotopic (exact) mass is 411 g/mol. The Morgan fingerprint density at radius 1 is 1.07 bits per heavy atom. The van der Waals surface area contributed by atoms with Gasteiger partial charge in [-0.3, -0.25) is 4.79 Å². The van der Waals surface area contributed by atoms with E-state index in [1.165, 1.54) is 7.11 Å². The van der Waals surface area contributed by atoms with Gasteiger partial charge in [-0.15, -0.1) is 0 Å². The first-order valence-electron chi connectivity index (χ1n) is 9.51. The fourth-order valence-corrected chi connectivity index (χ4v) is 3.26. The number of anilines is 1. The number of rotatable bonds is 7. The maximum absolute atomic E-state index is 13.2. The van der Waals surface area contributed by atoms with Crippen molar-refractivity contribution >= 4 is 17.6 Å². The highest BCUT2D eigenvalue weighted by Gasteiger charge is 2.31. The van der Waals surface area contributed by atoms with E-state index in [9.17, 15) is 9.59 Å². The van der Waals surface area contributed by atoms with Crippen LogP contribution in [0, 0.1) is 0 Å². The summed E-state index contributed by atoms with van der Waals surface area (Å²) in [5, 5.41) is 8.35. The Bertz CT molecular complexity index is 969. The quantitative estimate of drug-likeness (QED) is 0.649. The Morgan fingerprint density at radius 3 is 2.40 bits per heavy atom. The molecule has 1 aliphatic rings. The first-order valence-corrected chi connectivity index (χ1v) is 9.51. The number of allylic oxidation sites excluding steroid dienone is 1. The van der Waals surface area contributed by atoms with Gasteiger partial charge in [0.1, 0.15) is 17.2 Å². The summed E-state index contributed by atoms with van der Waals surface area (Å²) in [6.45, 7) is 4.16. The van der Waals surface area contributed by atoms with Gasteiger partial charge in [-0.1, -0.05) is 12.1 Å². The molecule has 1 atom stereocenters. The molecule has 2 aromatic rings. The number of hydrogen-bond donors (Lipinski definition) is 3. The van der Waals surface area contributed by atoms with Crippen molar-refractivity contribution in [3.8, 4) is 17.2 Å². The molecule has 0 aromatic heterocycles. The number of carbonyl (C=O) groups is 2. The van der Waals surface area contributed by atoms with Gasteiger partial charge in [-0.2, -0.15) is 0 Å². The molecule has 3 N–H and O–H groups in total. The second kappa shape index (κ2) is 9.21. The van der Waals surface area contributed by atoms with Crippen LogP contribution in [0.4, 0.5) is 10.5 Å². The van der Waals surface area contributed by atoms with E-state index in [0.717, 1.165) is 11.3 Å². The molecule has 1 aliphatic heterocycles. The fourth-order valence-electron chi connectivity index (χ4n) is 3.26. The lowest BCUT2D eigenvalue weighted by molar-refractivity contribution is -0.113. The third-order valence-corrected chi connectivity index (χ3v) is 4.70. The van der Waals surface area contributed by atoms with Crippen molar-refractivity contribution in [2.45, 2.75) is 19.9 Å². The molecule has 3 rings (SSSR count). The van der Waals surface area contributed by atoms with E-state index in [2.05, 4.69) is 16.0 Å². The summed E-state index contributed by atoms with van der Waals surface area (Å²) in [7, 11) is 3.07. The highest BCUT2D eigenvalue weighted by atomic mass is 16.5. The normalized spacial score (nSPS) is 15.7. The SMILES string of the molecule is CCOc1ccc([C@H]2NC(=O)NC(C)=C2C(=O)Nc2ccc(OC)cc2OC)cc1. The number of ether oxygens (including phenoxy) is 3. The molecular formula is C22H25N3O5. The Labute approximate surface area is 175 Å². The number of carbonyl (C=O) groups excluding carboxylic acids is 2. The van der Waals surface area contributed by atoms with Gasteiger partial charge >= 0.3 is 6.03 Å². The molecule has 2 aromatic carbocycles. The van der Waals surface area contributed by atoms with E-state index in [1.54, 1.807) is 32.2 Å². The van der Waals surface area contributed by atoms with Crippen LogP contribution >= 0.6 is 0 Å². The minimum Gasteiger partial charge on any atom is -0.497 e. The van der Waals surface area contributed by atoms with Gasteiger partial charge in [0.2, 0.25) is 0 Å². The fraction of sp³-hybridized carbons (Fsp3) is 0.273. The predicted molar refractivity (Wildman–Crippen MR) is 113 cm³/mol. The number of benzene rings is 2. The maximum Gasteiger partial charge on any atom is 0.319 e. The van der Waals surface area contributed by atoms with E-state index in [-0.39, 0.29) is 11.9 Å². The molecule has 0 unspecified atom stereocenters. The van der Waals surface area contributed by atoms with Crippen molar-refractivity contribution in [3.63, 3.8) is 0 Å². The summed E-state index contributed by atoms with van der Waals surface area (Å²) in [5.41, 5.74) is 2.13. The standard InChI is InChI=1S/C22H25N3O5/c1-5-30-15-8-6-14(7-9-15)20-19(13(2)23-22(27)25-20)21(26)24-17-11-10-16(28-3)12-18(17)29-4/h6-12,20H,5H2,1-4H3,(H,24,26)(H2,23,25,27)/t20-/m1/s1. The smallest absolute Gasteiger partial charge is 0.319 e. The minimum absolute atomic E-state index is 0.359. The van der Waals surface area contributed by atoms with Gasteiger partial charge in [0, 0.05) is 11.8 Å². The maximum atomic E-state index is 13.2. The molecule has 30 heavy (non-hydrogen) atoms. The molecule has 0 saturated heterocycles. The van der Waals surface area contributed by atoms with Gasteiger partial charge in [0.25, 0.3) is 5.91 Å². The third-order valence-electron chi connectivity index (χ3n) is 4.70. The Morgan fingerprint density at radius 2 is 1.77 bits per heavy atom. The highest BCUT2D eigenvalue weighted by Crippen LogP contribution is 2.32. The number of hydrogen-bond acceptors (Lipinski definition) is 5. The van der Waals surface area contributed by atoms with Crippen molar-refractivity contribution < 1.29 is 23.8 Å². The summed E-state index contributed by atoms with van der Waals surface area (Å²) in [5.74, 6) is 1.43. The molecule has 0 bridgehead atoms. The Kier molecular flexibility index (Phi) is 6.46. The topological polar surface area (TPSA) is 97.9 Å². The Hall–Kier alpha value is -3.68. The molecular weight excluding hydrogens is 386 g/mol. The molecule has 8 nitrogen and oxygen atoms in total.